The van der Waals surface area contributed by atoms with E-state index in [4.69, 9.17) is 17.3 Å². The van der Waals surface area contributed by atoms with Gasteiger partial charge in [0.2, 0.25) is 0 Å². The number of aromatic nitrogens is 2. The molecule has 5 heteroatoms. The number of thiophene rings is 1. The van der Waals surface area contributed by atoms with Gasteiger partial charge in [-0.05, 0) is 38.3 Å². The van der Waals surface area contributed by atoms with E-state index in [1.807, 2.05) is 0 Å². The number of imidazole rings is 1. The van der Waals surface area contributed by atoms with Crippen LogP contribution < -0.4 is 5.73 Å². The first-order valence-electron chi connectivity index (χ1n) is 5.76. The summed E-state index contributed by atoms with van der Waals surface area (Å²) < 4.78 is 2.11. The monoisotopic (exact) mass is 267 g/mol. The molecule has 2 N–H and O–H groups in total. The van der Waals surface area contributed by atoms with Crippen molar-refractivity contribution in [1.29, 1.82) is 0 Å². The van der Waals surface area contributed by atoms with Crippen LogP contribution in [0.5, 0.6) is 0 Å². The zero-order chi connectivity index (χ0) is 12.0. The first kappa shape index (κ1) is 11.3. The van der Waals surface area contributed by atoms with Crippen molar-refractivity contribution in [3.8, 4) is 10.7 Å². The predicted molar refractivity (Wildman–Crippen MR) is 71.4 cm³/mol. The van der Waals surface area contributed by atoms with E-state index < -0.39 is 0 Å². The fraction of sp³-hybridized carbons (Fsp3) is 0.417. The second kappa shape index (κ2) is 4.12. The van der Waals surface area contributed by atoms with Crippen LogP contribution in [0.3, 0.4) is 0 Å². The van der Waals surface area contributed by atoms with E-state index in [2.05, 4.69) is 28.6 Å². The first-order valence-corrected chi connectivity index (χ1v) is 6.95. The van der Waals surface area contributed by atoms with Crippen LogP contribution in [0.2, 0.25) is 5.15 Å². The van der Waals surface area contributed by atoms with Crippen molar-refractivity contribution >= 4 is 22.9 Å². The Hall–Kier alpha value is -0.840. The maximum Gasteiger partial charge on any atom is 0.153 e. The SMILES string of the molecule is Cc1ccc(-c2nc(Cl)c3n2C(N)CCC3)s1. The maximum atomic E-state index is 6.20. The highest BCUT2D eigenvalue weighted by molar-refractivity contribution is 7.15. The lowest BCUT2D eigenvalue weighted by molar-refractivity contribution is 0.418. The third-order valence-corrected chi connectivity index (χ3v) is 4.47. The second-order valence-electron chi connectivity index (χ2n) is 4.41. The lowest BCUT2D eigenvalue weighted by Crippen LogP contribution is -2.25. The smallest absolute Gasteiger partial charge is 0.153 e. The van der Waals surface area contributed by atoms with Crippen molar-refractivity contribution in [2.24, 2.45) is 5.73 Å². The van der Waals surface area contributed by atoms with E-state index in [1.165, 1.54) is 4.88 Å². The topological polar surface area (TPSA) is 43.8 Å². The Morgan fingerprint density at radius 3 is 3.06 bits per heavy atom. The summed E-state index contributed by atoms with van der Waals surface area (Å²) in [5.41, 5.74) is 7.26. The average molecular weight is 268 g/mol. The molecule has 0 aromatic carbocycles. The Bertz CT molecular complexity index is 558. The van der Waals surface area contributed by atoms with Gasteiger partial charge in [-0.1, -0.05) is 11.6 Å². The number of aryl methyl sites for hydroxylation is 1. The van der Waals surface area contributed by atoms with E-state index in [-0.39, 0.29) is 6.17 Å². The molecule has 0 fully saturated rings. The molecule has 0 aliphatic carbocycles. The molecule has 0 saturated heterocycles. The summed E-state index contributed by atoms with van der Waals surface area (Å²) in [7, 11) is 0. The molecule has 0 bridgehead atoms. The largest absolute Gasteiger partial charge is 0.311 e. The van der Waals surface area contributed by atoms with Crippen molar-refractivity contribution < 1.29 is 0 Å². The molecular formula is C12H14ClN3S. The van der Waals surface area contributed by atoms with E-state index in [0.29, 0.717) is 5.15 Å². The minimum Gasteiger partial charge on any atom is -0.311 e. The van der Waals surface area contributed by atoms with Gasteiger partial charge in [-0.15, -0.1) is 11.3 Å². The van der Waals surface area contributed by atoms with E-state index in [9.17, 15) is 0 Å². The Morgan fingerprint density at radius 1 is 1.53 bits per heavy atom. The minimum absolute atomic E-state index is 0.0103. The van der Waals surface area contributed by atoms with Crippen molar-refractivity contribution in [2.45, 2.75) is 32.4 Å². The molecule has 1 aliphatic heterocycles. The predicted octanol–water partition coefficient (Wildman–Crippen LogP) is 3.37. The van der Waals surface area contributed by atoms with Crippen molar-refractivity contribution in [2.75, 3.05) is 0 Å². The highest BCUT2D eigenvalue weighted by Gasteiger charge is 2.25. The third kappa shape index (κ3) is 1.80. The number of rotatable bonds is 1. The van der Waals surface area contributed by atoms with Crippen LogP contribution in [0, 0.1) is 6.92 Å². The molecule has 90 valence electrons. The van der Waals surface area contributed by atoms with Gasteiger partial charge in [0, 0.05) is 4.88 Å². The summed E-state index contributed by atoms with van der Waals surface area (Å²) in [5.74, 6) is 0.926. The van der Waals surface area contributed by atoms with Crippen LogP contribution in [0.25, 0.3) is 10.7 Å². The van der Waals surface area contributed by atoms with Gasteiger partial charge in [-0.25, -0.2) is 4.98 Å². The highest BCUT2D eigenvalue weighted by Crippen LogP contribution is 2.35. The number of hydrogen-bond acceptors (Lipinski definition) is 3. The molecular weight excluding hydrogens is 254 g/mol. The van der Waals surface area contributed by atoms with Crippen molar-refractivity contribution in [1.82, 2.24) is 9.55 Å². The Kier molecular flexibility index (Phi) is 2.73. The van der Waals surface area contributed by atoms with E-state index >= 15 is 0 Å². The molecule has 3 nitrogen and oxygen atoms in total. The zero-order valence-corrected chi connectivity index (χ0v) is 11.2. The molecule has 1 aliphatic rings. The summed E-state index contributed by atoms with van der Waals surface area (Å²) in [6.45, 7) is 2.09. The van der Waals surface area contributed by atoms with E-state index in [0.717, 1.165) is 35.7 Å². The lowest BCUT2D eigenvalue weighted by Gasteiger charge is -2.23. The standard InChI is InChI=1S/C12H14ClN3S/c1-7-5-6-9(17-7)12-15-11(13)8-3-2-4-10(14)16(8)12/h5-6,10H,2-4,14H2,1H3. The van der Waals surface area contributed by atoms with Gasteiger partial charge < -0.3 is 10.3 Å². The molecule has 0 spiro atoms. The Balaban J connectivity index is 2.18. The summed E-state index contributed by atoms with van der Waals surface area (Å²) in [6, 6.07) is 4.19. The third-order valence-electron chi connectivity index (χ3n) is 3.17. The normalized spacial score (nSPS) is 19.4. The highest BCUT2D eigenvalue weighted by atomic mass is 35.5. The fourth-order valence-electron chi connectivity index (χ4n) is 2.36. The number of hydrogen-bond donors (Lipinski definition) is 1. The molecule has 1 unspecified atom stereocenters. The number of halogens is 1. The number of nitrogens with two attached hydrogens (primary N) is 1. The minimum atomic E-state index is 0.0103. The van der Waals surface area contributed by atoms with Crippen LogP contribution in [-0.2, 0) is 6.42 Å². The Morgan fingerprint density at radius 2 is 2.35 bits per heavy atom. The van der Waals surface area contributed by atoms with Crippen LogP contribution in [0.1, 0.15) is 29.6 Å². The molecule has 1 atom stereocenters. The first-order chi connectivity index (χ1) is 8.16. The molecule has 3 heterocycles. The zero-order valence-electron chi connectivity index (χ0n) is 9.61. The summed E-state index contributed by atoms with van der Waals surface area (Å²) >= 11 is 7.93. The molecule has 2 aromatic heterocycles. The van der Waals surface area contributed by atoms with Crippen molar-refractivity contribution in [3.63, 3.8) is 0 Å². The number of nitrogens with zero attached hydrogens (tertiary/aromatic N) is 2. The molecule has 17 heavy (non-hydrogen) atoms. The van der Waals surface area contributed by atoms with Crippen LogP contribution in [0.4, 0.5) is 0 Å². The fourth-order valence-corrected chi connectivity index (χ4v) is 3.48. The average Bonchev–Trinajstić information content (AvgIpc) is 2.85. The van der Waals surface area contributed by atoms with Crippen LogP contribution in [0.15, 0.2) is 12.1 Å². The molecule has 0 saturated carbocycles. The quantitative estimate of drug-likeness (QED) is 0.861. The van der Waals surface area contributed by atoms with Crippen LogP contribution in [-0.4, -0.2) is 9.55 Å². The molecule has 2 aromatic rings. The van der Waals surface area contributed by atoms with Gasteiger partial charge in [0.1, 0.15) is 0 Å². The molecule has 3 rings (SSSR count). The molecule has 0 amide bonds. The second-order valence-corrected chi connectivity index (χ2v) is 6.06. The Labute approximate surface area is 109 Å². The van der Waals surface area contributed by atoms with E-state index in [1.54, 1.807) is 11.3 Å². The lowest BCUT2D eigenvalue weighted by atomic mass is 10.1. The van der Waals surface area contributed by atoms with Gasteiger partial charge in [-0.2, -0.15) is 0 Å². The summed E-state index contributed by atoms with van der Waals surface area (Å²) in [5, 5.41) is 0.612. The summed E-state index contributed by atoms with van der Waals surface area (Å²) in [4.78, 5) is 6.91. The van der Waals surface area contributed by atoms with Crippen LogP contribution >= 0.6 is 22.9 Å². The maximum absolute atomic E-state index is 6.20. The van der Waals surface area contributed by atoms with Gasteiger partial charge in [-0.3, -0.25) is 0 Å². The summed E-state index contributed by atoms with van der Waals surface area (Å²) in [6.07, 6.45) is 3.08. The van der Waals surface area contributed by atoms with Gasteiger partial charge in [0.15, 0.2) is 11.0 Å². The van der Waals surface area contributed by atoms with Gasteiger partial charge in [0.05, 0.1) is 16.7 Å². The van der Waals surface area contributed by atoms with Gasteiger partial charge in [0.25, 0.3) is 0 Å². The number of fused-ring (bicyclic) bond motifs is 1. The van der Waals surface area contributed by atoms with Gasteiger partial charge >= 0.3 is 0 Å². The van der Waals surface area contributed by atoms with Crippen molar-refractivity contribution in [3.05, 3.63) is 27.9 Å². The molecule has 0 radical (unpaired) electrons.